The van der Waals surface area contributed by atoms with Crippen molar-refractivity contribution in [2.75, 3.05) is 26.3 Å². The van der Waals surface area contributed by atoms with Crippen molar-refractivity contribution >= 4 is 23.6 Å². The van der Waals surface area contributed by atoms with Crippen LogP contribution in [0.4, 0.5) is 0 Å². The number of hydrogen-bond acceptors (Lipinski definition) is 4. The minimum atomic E-state index is -1.12. The number of morpholine rings is 1. The maximum Gasteiger partial charge on any atom is 0.337 e. The number of carbonyl (C=O) groups is 1. The molecule has 0 amide bonds. The molecule has 32 heavy (non-hydrogen) atoms. The van der Waals surface area contributed by atoms with E-state index < -0.39 is 17.7 Å². The summed E-state index contributed by atoms with van der Waals surface area (Å²) in [5.41, 5.74) is 4.67. The van der Waals surface area contributed by atoms with Crippen LogP contribution in [0, 0.1) is 6.92 Å². The molecule has 1 N–H and O–H groups in total. The van der Waals surface area contributed by atoms with Gasteiger partial charge in [0.2, 0.25) is 0 Å². The van der Waals surface area contributed by atoms with E-state index >= 15 is 0 Å². The third-order valence-corrected chi connectivity index (χ3v) is 5.81. The monoisotopic (exact) mass is 457 g/mol. The zero-order valence-electron chi connectivity index (χ0n) is 19.3. The van der Waals surface area contributed by atoms with Crippen molar-refractivity contribution in [1.82, 2.24) is 4.90 Å². The van der Waals surface area contributed by atoms with E-state index in [2.05, 4.69) is 17.5 Å². The molecule has 1 aliphatic heterocycles. The highest BCUT2D eigenvalue weighted by Gasteiger charge is 2.33. The minimum absolute atomic E-state index is 0.609. The van der Waals surface area contributed by atoms with Gasteiger partial charge in [-0.05, 0) is 73.7 Å². The first-order valence-electron chi connectivity index (χ1n) is 10.9. The van der Waals surface area contributed by atoms with Gasteiger partial charge in [0.25, 0.3) is 0 Å². The quantitative estimate of drug-likeness (QED) is 0.575. The van der Waals surface area contributed by atoms with Gasteiger partial charge >= 0.3 is 5.97 Å². The molecule has 6 heteroatoms. The maximum absolute atomic E-state index is 12.5. The van der Waals surface area contributed by atoms with Crippen LogP contribution in [0.5, 0.6) is 0 Å². The standard InChI is InChI=1S/C26H32ClNO4/c1-6-18-15-20(16-28-11-13-31-14-12-28)23(24(25(29)30)32-26(3,4)5)22(17(18)2)19-7-9-21(27)10-8-19/h6-10,15,24H,1,11-14,16H2,2-5H3,(H,29,30)/t24-/m0/s1. The summed E-state index contributed by atoms with van der Waals surface area (Å²) in [4.78, 5) is 14.8. The van der Waals surface area contributed by atoms with Crippen molar-refractivity contribution < 1.29 is 19.4 Å². The minimum Gasteiger partial charge on any atom is -0.479 e. The highest BCUT2D eigenvalue weighted by Crippen LogP contribution is 2.40. The SMILES string of the molecule is C=Cc1cc(CN2CCOCC2)c([C@H](OC(C)(C)C)C(=O)O)c(-c2ccc(Cl)cc2)c1C. The highest BCUT2D eigenvalue weighted by molar-refractivity contribution is 6.30. The van der Waals surface area contributed by atoms with Crippen molar-refractivity contribution in [1.29, 1.82) is 0 Å². The number of nitrogens with zero attached hydrogens (tertiary/aromatic N) is 1. The molecule has 0 aromatic heterocycles. The third kappa shape index (κ3) is 5.78. The number of hydrogen-bond donors (Lipinski definition) is 1. The van der Waals surface area contributed by atoms with Gasteiger partial charge in [-0.25, -0.2) is 4.79 Å². The summed E-state index contributed by atoms with van der Waals surface area (Å²) in [6.07, 6.45) is 0.705. The maximum atomic E-state index is 12.5. The van der Waals surface area contributed by atoms with Crippen molar-refractivity contribution in [3.63, 3.8) is 0 Å². The van der Waals surface area contributed by atoms with Gasteiger partial charge in [-0.3, -0.25) is 4.90 Å². The molecule has 1 aliphatic rings. The molecular weight excluding hydrogens is 426 g/mol. The number of halogens is 1. The second-order valence-electron chi connectivity index (χ2n) is 9.09. The molecule has 5 nitrogen and oxygen atoms in total. The van der Waals surface area contributed by atoms with Crippen LogP contribution in [-0.2, 0) is 20.8 Å². The Morgan fingerprint density at radius 2 is 1.91 bits per heavy atom. The van der Waals surface area contributed by atoms with Crippen LogP contribution in [0.3, 0.4) is 0 Å². The summed E-state index contributed by atoms with van der Waals surface area (Å²) in [6, 6.07) is 9.55. The van der Waals surface area contributed by atoms with E-state index in [4.69, 9.17) is 21.1 Å². The fraction of sp³-hybridized carbons (Fsp3) is 0.423. The molecule has 0 bridgehead atoms. The summed E-state index contributed by atoms with van der Waals surface area (Å²) in [5, 5.41) is 10.9. The average molecular weight is 458 g/mol. The van der Waals surface area contributed by atoms with Crippen LogP contribution in [0.15, 0.2) is 36.9 Å². The Balaban J connectivity index is 2.28. The first-order valence-corrected chi connectivity index (χ1v) is 11.2. The molecule has 0 unspecified atom stereocenters. The van der Waals surface area contributed by atoms with Crippen LogP contribution in [0.1, 0.15) is 49.1 Å². The number of ether oxygens (including phenoxy) is 2. The summed E-state index contributed by atoms with van der Waals surface area (Å²) in [6.45, 7) is 15.1. The Morgan fingerprint density at radius 1 is 1.28 bits per heavy atom. The molecule has 2 aromatic carbocycles. The topological polar surface area (TPSA) is 59.0 Å². The largest absolute Gasteiger partial charge is 0.479 e. The van der Waals surface area contributed by atoms with Crippen LogP contribution in [0.25, 0.3) is 17.2 Å². The van der Waals surface area contributed by atoms with Crippen molar-refractivity contribution in [2.24, 2.45) is 0 Å². The van der Waals surface area contributed by atoms with Gasteiger partial charge in [-0.1, -0.05) is 36.4 Å². The van der Waals surface area contributed by atoms with E-state index in [0.29, 0.717) is 30.3 Å². The van der Waals surface area contributed by atoms with Gasteiger partial charge in [-0.2, -0.15) is 0 Å². The lowest BCUT2D eigenvalue weighted by Gasteiger charge is -2.32. The fourth-order valence-electron chi connectivity index (χ4n) is 4.10. The van der Waals surface area contributed by atoms with Crippen molar-refractivity contribution in [3.05, 3.63) is 64.2 Å². The molecule has 0 spiro atoms. The highest BCUT2D eigenvalue weighted by atomic mass is 35.5. The van der Waals surface area contributed by atoms with Gasteiger partial charge < -0.3 is 14.6 Å². The Kier molecular flexibility index (Phi) is 7.78. The Labute approximate surface area is 195 Å². The van der Waals surface area contributed by atoms with E-state index in [1.165, 1.54) is 0 Å². The second-order valence-corrected chi connectivity index (χ2v) is 9.52. The van der Waals surface area contributed by atoms with Crippen LogP contribution in [0.2, 0.25) is 5.02 Å². The molecule has 0 radical (unpaired) electrons. The van der Waals surface area contributed by atoms with Gasteiger partial charge in [-0.15, -0.1) is 0 Å². The predicted octanol–water partition coefficient (Wildman–Crippen LogP) is 5.73. The summed E-state index contributed by atoms with van der Waals surface area (Å²) in [5.74, 6) is -1.01. The van der Waals surface area contributed by atoms with Crippen molar-refractivity contribution in [2.45, 2.75) is 45.9 Å². The molecule has 1 atom stereocenters. The predicted molar refractivity (Wildman–Crippen MR) is 129 cm³/mol. The zero-order valence-corrected chi connectivity index (χ0v) is 20.0. The van der Waals surface area contributed by atoms with E-state index in [9.17, 15) is 9.90 Å². The molecule has 2 aromatic rings. The molecule has 0 aliphatic carbocycles. The van der Waals surface area contributed by atoms with Gasteiger partial charge in [0.15, 0.2) is 6.10 Å². The van der Waals surface area contributed by atoms with E-state index in [1.807, 2.05) is 58.0 Å². The second kappa shape index (κ2) is 10.2. The first kappa shape index (κ1) is 24.5. The normalized spacial score (nSPS) is 16.0. The zero-order chi connectivity index (χ0) is 23.5. The number of carboxylic acids is 1. The van der Waals surface area contributed by atoms with Gasteiger partial charge in [0.05, 0.1) is 18.8 Å². The van der Waals surface area contributed by atoms with Crippen molar-refractivity contribution in [3.8, 4) is 11.1 Å². The lowest BCUT2D eigenvalue weighted by atomic mass is 9.85. The Hall–Kier alpha value is -2.18. The summed E-state index contributed by atoms with van der Waals surface area (Å²) < 4.78 is 11.6. The van der Waals surface area contributed by atoms with Crippen LogP contribution in [-0.4, -0.2) is 47.9 Å². The number of carboxylic acid groups (broad SMARTS) is 1. The molecule has 172 valence electrons. The molecule has 1 heterocycles. The number of rotatable bonds is 7. The average Bonchev–Trinajstić information content (AvgIpc) is 2.74. The first-order chi connectivity index (χ1) is 15.1. The van der Waals surface area contributed by atoms with E-state index in [-0.39, 0.29) is 0 Å². The van der Waals surface area contributed by atoms with Gasteiger partial charge in [0.1, 0.15) is 0 Å². The number of benzene rings is 2. The lowest BCUT2D eigenvalue weighted by Crippen LogP contribution is -2.36. The van der Waals surface area contributed by atoms with E-state index in [0.717, 1.165) is 40.9 Å². The molecule has 3 rings (SSSR count). The number of aliphatic carboxylic acids is 1. The smallest absolute Gasteiger partial charge is 0.337 e. The molecule has 1 fully saturated rings. The van der Waals surface area contributed by atoms with Crippen LogP contribution < -0.4 is 0 Å². The van der Waals surface area contributed by atoms with Gasteiger partial charge in [0, 0.05) is 30.2 Å². The lowest BCUT2D eigenvalue weighted by molar-refractivity contribution is -0.160. The Bertz CT molecular complexity index is 973. The summed E-state index contributed by atoms with van der Waals surface area (Å²) in [7, 11) is 0. The summed E-state index contributed by atoms with van der Waals surface area (Å²) >= 11 is 6.14. The molecule has 0 saturated carbocycles. The molecule has 1 saturated heterocycles. The molecular formula is C26H32ClNO4. The Morgan fingerprint density at radius 3 is 2.44 bits per heavy atom. The third-order valence-electron chi connectivity index (χ3n) is 5.56. The van der Waals surface area contributed by atoms with E-state index in [1.54, 1.807) is 0 Å². The fourth-order valence-corrected chi connectivity index (χ4v) is 4.22. The van der Waals surface area contributed by atoms with Crippen LogP contribution >= 0.6 is 11.6 Å².